The number of rotatable bonds is 5. The fraction of sp³-hybridized carbons (Fsp3) is 0.842. The fourth-order valence-corrected chi connectivity index (χ4v) is 2.76. The number of piperazine rings is 1. The Balaban J connectivity index is 2.62. The Morgan fingerprint density at radius 2 is 1.56 bits per heavy atom. The minimum atomic E-state index is -0.595. The molecule has 0 N–H and O–H groups in total. The number of nitrogens with zero attached hydrogens (tertiary/aromatic N) is 2. The van der Waals surface area contributed by atoms with E-state index in [-0.39, 0.29) is 18.9 Å². The predicted molar refractivity (Wildman–Crippen MR) is 100 cm³/mol. The van der Waals surface area contributed by atoms with Crippen molar-refractivity contribution in [1.29, 1.82) is 0 Å². The molecule has 8 nitrogen and oxygen atoms in total. The topological polar surface area (TPSA) is 85.4 Å². The summed E-state index contributed by atoms with van der Waals surface area (Å²) in [6, 6.07) is -0.574. The van der Waals surface area contributed by atoms with Crippen molar-refractivity contribution in [3.63, 3.8) is 0 Å². The van der Waals surface area contributed by atoms with Gasteiger partial charge in [0.1, 0.15) is 17.2 Å². The van der Waals surface area contributed by atoms with E-state index in [0.29, 0.717) is 26.1 Å². The maximum Gasteiger partial charge on any atom is 0.410 e. The van der Waals surface area contributed by atoms with Crippen LogP contribution in [0, 0.1) is 0 Å². The fourth-order valence-electron chi connectivity index (χ4n) is 2.76. The molecule has 27 heavy (non-hydrogen) atoms. The molecule has 0 saturated carbocycles. The predicted octanol–water partition coefficient (Wildman–Crippen LogP) is 2.20. The van der Waals surface area contributed by atoms with E-state index in [0.717, 1.165) is 0 Å². The maximum absolute atomic E-state index is 12.3. The van der Waals surface area contributed by atoms with Crippen molar-refractivity contribution >= 4 is 18.0 Å². The molecule has 1 fully saturated rings. The van der Waals surface area contributed by atoms with Crippen LogP contribution in [0.3, 0.4) is 0 Å². The van der Waals surface area contributed by atoms with Crippen molar-refractivity contribution in [2.24, 2.45) is 0 Å². The number of ether oxygens (including phenoxy) is 3. The second kappa shape index (κ2) is 9.39. The van der Waals surface area contributed by atoms with Crippen molar-refractivity contribution in [1.82, 2.24) is 9.80 Å². The molecule has 1 rings (SSSR count). The number of hydrogen-bond acceptors (Lipinski definition) is 7. The molecule has 1 aliphatic heterocycles. The highest BCUT2D eigenvalue weighted by Crippen LogP contribution is 2.17. The number of hydrogen-bond donors (Lipinski definition) is 0. The molecule has 0 spiro atoms. The highest BCUT2D eigenvalue weighted by Gasteiger charge is 2.36. The van der Waals surface area contributed by atoms with E-state index in [1.165, 1.54) is 12.0 Å². The van der Waals surface area contributed by atoms with Crippen molar-refractivity contribution in [2.45, 2.75) is 71.6 Å². The smallest absolute Gasteiger partial charge is 0.410 e. The quantitative estimate of drug-likeness (QED) is 0.529. The number of carbonyl (C=O) groups is 3. The molecule has 0 aromatic heterocycles. The summed E-state index contributed by atoms with van der Waals surface area (Å²) in [5.41, 5.74) is -1.10. The van der Waals surface area contributed by atoms with Gasteiger partial charge in [-0.05, 0) is 54.5 Å². The lowest BCUT2D eigenvalue weighted by Gasteiger charge is -2.40. The third-order valence-electron chi connectivity index (χ3n) is 3.86. The van der Waals surface area contributed by atoms with Crippen LogP contribution in [-0.4, -0.2) is 78.4 Å². The zero-order valence-corrected chi connectivity index (χ0v) is 17.7. The van der Waals surface area contributed by atoms with E-state index in [9.17, 15) is 14.4 Å². The highest BCUT2D eigenvalue weighted by molar-refractivity contribution is 5.78. The summed E-state index contributed by atoms with van der Waals surface area (Å²) in [5, 5.41) is 0. The molecule has 1 atom stereocenters. The summed E-state index contributed by atoms with van der Waals surface area (Å²) in [7, 11) is 1.33. The minimum Gasteiger partial charge on any atom is -0.468 e. The van der Waals surface area contributed by atoms with Gasteiger partial charge in [0.15, 0.2) is 0 Å². The first-order valence-corrected chi connectivity index (χ1v) is 9.34. The van der Waals surface area contributed by atoms with Gasteiger partial charge in [-0.3, -0.25) is 14.5 Å². The van der Waals surface area contributed by atoms with Crippen LogP contribution in [0.1, 0.15) is 54.4 Å². The SMILES string of the molecule is COC(=O)C1CN(C(=O)OC(C)(C)C)CCN1CCCC(=O)OC(C)(C)C. The van der Waals surface area contributed by atoms with Crippen LogP contribution in [0.25, 0.3) is 0 Å². The van der Waals surface area contributed by atoms with Crippen molar-refractivity contribution < 1.29 is 28.6 Å². The number of methoxy groups -OCH3 is 1. The van der Waals surface area contributed by atoms with Gasteiger partial charge in [0.25, 0.3) is 0 Å². The summed E-state index contributed by atoms with van der Waals surface area (Å²) < 4.78 is 15.6. The van der Waals surface area contributed by atoms with Gasteiger partial charge in [-0.15, -0.1) is 0 Å². The molecular weight excluding hydrogens is 352 g/mol. The minimum absolute atomic E-state index is 0.202. The van der Waals surface area contributed by atoms with Gasteiger partial charge in [0.05, 0.1) is 13.7 Å². The third-order valence-corrected chi connectivity index (χ3v) is 3.86. The highest BCUT2D eigenvalue weighted by atomic mass is 16.6. The summed E-state index contributed by atoms with van der Waals surface area (Å²) in [6.45, 7) is 12.6. The Bertz CT molecular complexity index is 533. The zero-order chi connectivity index (χ0) is 20.8. The maximum atomic E-state index is 12.3. The Kier molecular flexibility index (Phi) is 8.07. The van der Waals surface area contributed by atoms with Crippen LogP contribution in [0.4, 0.5) is 4.79 Å². The molecule has 0 radical (unpaired) electrons. The average molecular weight is 386 g/mol. The van der Waals surface area contributed by atoms with Crippen LogP contribution < -0.4 is 0 Å². The molecule has 1 aliphatic rings. The van der Waals surface area contributed by atoms with Crippen LogP contribution in [0.5, 0.6) is 0 Å². The summed E-state index contributed by atoms with van der Waals surface area (Å²) in [4.78, 5) is 39.8. The molecule has 0 bridgehead atoms. The first kappa shape index (κ1) is 23.2. The van der Waals surface area contributed by atoms with E-state index in [4.69, 9.17) is 14.2 Å². The van der Waals surface area contributed by atoms with Gasteiger partial charge < -0.3 is 19.1 Å². The standard InChI is InChI=1S/C19H34N2O6/c1-18(2,3)26-15(22)9-8-10-20-11-12-21(13-14(20)16(23)25-7)17(24)27-19(4,5)6/h14H,8-13H2,1-7H3. The second-order valence-electron chi connectivity index (χ2n) is 8.69. The lowest BCUT2D eigenvalue weighted by Crippen LogP contribution is -2.58. The van der Waals surface area contributed by atoms with E-state index < -0.39 is 29.3 Å². The van der Waals surface area contributed by atoms with Crippen LogP contribution >= 0.6 is 0 Å². The summed E-state index contributed by atoms with van der Waals surface area (Å²) in [6.07, 6.45) is 0.400. The van der Waals surface area contributed by atoms with Crippen molar-refractivity contribution in [3.05, 3.63) is 0 Å². The molecule has 1 amide bonds. The molecule has 0 aromatic rings. The molecular formula is C19H34N2O6. The van der Waals surface area contributed by atoms with Gasteiger partial charge in [-0.25, -0.2) is 4.79 Å². The monoisotopic (exact) mass is 386 g/mol. The van der Waals surface area contributed by atoms with Gasteiger partial charge in [-0.2, -0.15) is 0 Å². The van der Waals surface area contributed by atoms with Gasteiger partial charge in [-0.1, -0.05) is 0 Å². The van der Waals surface area contributed by atoms with E-state index in [2.05, 4.69) is 0 Å². The Morgan fingerprint density at radius 1 is 0.963 bits per heavy atom. The lowest BCUT2D eigenvalue weighted by atomic mass is 10.1. The molecule has 0 aliphatic carbocycles. The molecule has 1 saturated heterocycles. The van der Waals surface area contributed by atoms with Gasteiger partial charge in [0.2, 0.25) is 0 Å². The van der Waals surface area contributed by atoms with Crippen LogP contribution in [0.2, 0.25) is 0 Å². The molecule has 1 heterocycles. The lowest BCUT2D eigenvalue weighted by molar-refractivity contribution is -0.155. The Labute approximate surface area is 162 Å². The van der Waals surface area contributed by atoms with Gasteiger partial charge in [0, 0.05) is 19.5 Å². The molecule has 156 valence electrons. The first-order chi connectivity index (χ1) is 12.3. The number of esters is 2. The summed E-state index contributed by atoms with van der Waals surface area (Å²) in [5.74, 6) is -0.662. The van der Waals surface area contributed by atoms with E-state index >= 15 is 0 Å². The Hall–Kier alpha value is -1.83. The largest absolute Gasteiger partial charge is 0.468 e. The normalized spacial score (nSPS) is 18.8. The third kappa shape index (κ3) is 8.60. The molecule has 8 heteroatoms. The summed E-state index contributed by atoms with van der Waals surface area (Å²) >= 11 is 0. The number of carbonyl (C=O) groups excluding carboxylic acids is 3. The van der Waals surface area contributed by atoms with Crippen molar-refractivity contribution in [3.8, 4) is 0 Å². The zero-order valence-electron chi connectivity index (χ0n) is 17.7. The number of amides is 1. The second-order valence-corrected chi connectivity index (χ2v) is 8.69. The van der Waals surface area contributed by atoms with Crippen molar-refractivity contribution in [2.75, 3.05) is 33.3 Å². The Morgan fingerprint density at radius 3 is 2.07 bits per heavy atom. The van der Waals surface area contributed by atoms with E-state index in [1.807, 2.05) is 25.7 Å². The average Bonchev–Trinajstić information content (AvgIpc) is 2.50. The van der Waals surface area contributed by atoms with Gasteiger partial charge >= 0.3 is 18.0 Å². The van der Waals surface area contributed by atoms with Crippen LogP contribution in [-0.2, 0) is 23.8 Å². The molecule has 1 unspecified atom stereocenters. The first-order valence-electron chi connectivity index (χ1n) is 9.34. The van der Waals surface area contributed by atoms with E-state index in [1.54, 1.807) is 20.8 Å². The van der Waals surface area contributed by atoms with Crippen LogP contribution in [0.15, 0.2) is 0 Å². The molecule has 0 aromatic carbocycles.